The van der Waals surface area contributed by atoms with Crippen LogP contribution in [0.25, 0.3) is 10.3 Å². The second kappa shape index (κ2) is 6.94. The third-order valence-corrected chi connectivity index (χ3v) is 4.77. The van der Waals surface area contributed by atoms with E-state index in [0.717, 1.165) is 27.5 Å². The summed E-state index contributed by atoms with van der Waals surface area (Å²) in [6, 6.07) is 17.4. The third kappa shape index (κ3) is 3.49. The molecule has 0 bridgehead atoms. The average Bonchev–Trinajstić information content (AvgIpc) is 3.07. The Morgan fingerprint density at radius 3 is 2.48 bits per heavy atom. The molecule has 6 heteroatoms. The van der Waals surface area contributed by atoms with Crippen molar-refractivity contribution < 1.29 is 4.39 Å². The number of aromatic nitrogens is 3. The molecule has 0 saturated carbocycles. The zero-order valence-electron chi connectivity index (χ0n) is 13.3. The molecular weight excluding hydrogens is 335 g/mol. The molecule has 0 radical (unpaired) electrons. The van der Waals surface area contributed by atoms with Crippen molar-refractivity contribution in [1.82, 2.24) is 15.0 Å². The zero-order valence-corrected chi connectivity index (χ0v) is 14.1. The van der Waals surface area contributed by atoms with Crippen LogP contribution in [0, 0.1) is 0 Å². The number of halogens is 1. The van der Waals surface area contributed by atoms with Gasteiger partial charge >= 0.3 is 0 Å². The van der Waals surface area contributed by atoms with Gasteiger partial charge in [-0.15, -0.1) is 0 Å². The van der Waals surface area contributed by atoms with Gasteiger partial charge in [0.15, 0.2) is 5.82 Å². The van der Waals surface area contributed by atoms with E-state index in [1.54, 1.807) is 23.5 Å². The molecule has 1 N–H and O–H groups in total. The quantitative estimate of drug-likeness (QED) is 0.557. The fraction of sp³-hybridized carbons (Fsp3) is 0.105. The van der Waals surface area contributed by atoms with Crippen molar-refractivity contribution in [1.29, 1.82) is 0 Å². The smallest absolute Gasteiger partial charge is 0.161 e. The van der Waals surface area contributed by atoms with Gasteiger partial charge in [0.1, 0.15) is 23.3 Å². The number of fused-ring (bicyclic) bond motifs is 1. The van der Waals surface area contributed by atoms with Crippen LogP contribution in [0.15, 0.2) is 60.9 Å². The van der Waals surface area contributed by atoms with Gasteiger partial charge in [-0.1, -0.05) is 53.8 Å². The molecule has 0 unspecified atom stereocenters. The lowest BCUT2D eigenvalue weighted by atomic mass is 10.2. The van der Waals surface area contributed by atoms with E-state index < -0.39 is 6.67 Å². The minimum atomic E-state index is -0.465. The van der Waals surface area contributed by atoms with Crippen LogP contribution >= 0.6 is 11.3 Å². The number of thiazole rings is 1. The zero-order chi connectivity index (χ0) is 17.1. The van der Waals surface area contributed by atoms with Crippen molar-refractivity contribution in [2.24, 2.45) is 0 Å². The molecule has 0 spiro atoms. The summed E-state index contributed by atoms with van der Waals surface area (Å²) in [6.07, 6.45) is 2.30. The molecule has 0 fully saturated rings. The summed E-state index contributed by atoms with van der Waals surface area (Å²) < 4.78 is 12.6. The lowest BCUT2D eigenvalue weighted by Crippen LogP contribution is -1.96. The monoisotopic (exact) mass is 350 g/mol. The molecule has 2 heterocycles. The van der Waals surface area contributed by atoms with E-state index in [0.29, 0.717) is 11.4 Å². The maximum absolute atomic E-state index is 12.6. The molecule has 4 rings (SSSR count). The molecule has 0 amide bonds. The van der Waals surface area contributed by atoms with Crippen LogP contribution in [-0.2, 0) is 13.1 Å². The van der Waals surface area contributed by atoms with E-state index in [1.807, 2.05) is 30.3 Å². The van der Waals surface area contributed by atoms with Gasteiger partial charge in [-0.05, 0) is 23.3 Å². The topological polar surface area (TPSA) is 50.7 Å². The molecule has 124 valence electrons. The van der Waals surface area contributed by atoms with Crippen molar-refractivity contribution in [3.63, 3.8) is 0 Å². The lowest BCUT2D eigenvalue weighted by molar-refractivity contribution is 0.485. The molecule has 2 aromatic heterocycles. The van der Waals surface area contributed by atoms with E-state index in [4.69, 9.17) is 4.98 Å². The summed E-state index contributed by atoms with van der Waals surface area (Å²) in [6.45, 7) is -0.465. The first-order valence-electron chi connectivity index (χ1n) is 7.88. The molecule has 4 nitrogen and oxygen atoms in total. The van der Waals surface area contributed by atoms with Crippen LogP contribution in [0.1, 0.15) is 16.1 Å². The maximum atomic E-state index is 12.6. The van der Waals surface area contributed by atoms with Crippen LogP contribution in [-0.4, -0.2) is 15.0 Å². The molecule has 4 aromatic rings. The highest BCUT2D eigenvalue weighted by atomic mass is 32.1. The maximum Gasteiger partial charge on any atom is 0.161 e. The number of hydrogen-bond donors (Lipinski definition) is 1. The van der Waals surface area contributed by atoms with E-state index in [1.165, 1.54) is 11.9 Å². The number of rotatable bonds is 5. The van der Waals surface area contributed by atoms with Crippen molar-refractivity contribution in [2.75, 3.05) is 5.32 Å². The summed E-state index contributed by atoms with van der Waals surface area (Å²) in [5, 5.41) is 4.24. The van der Waals surface area contributed by atoms with Crippen molar-refractivity contribution in [3.8, 4) is 0 Å². The van der Waals surface area contributed by atoms with Crippen LogP contribution in [0.5, 0.6) is 0 Å². The number of benzene rings is 2. The van der Waals surface area contributed by atoms with Crippen molar-refractivity contribution >= 4 is 33.2 Å². The minimum absolute atomic E-state index is 0.465. The highest BCUT2D eigenvalue weighted by molar-refractivity contribution is 7.18. The van der Waals surface area contributed by atoms with Crippen LogP contribution in [0.3, 0.4) is 0 Å². The van der Waals surface area contributed by atoms with E-state index >= 15 is 0 Å². The fourth-order valence-corrected chi connectivity index (χ4v) is 3.49. The Bertz CT molecular complexity index is 983. The van der Waals surface area contributed by atoms with Crippen molar-refractivity contribution in [2.45, 2.75) is 13.1 Å². The van der Waals surface area contributed by atoms with Crippen molar-refractivity contribution in [3.05, 3.63) is 77.1 Å². The Kier molecular flexibility index (Phi) is 4.35. The van der Waals surface area contributed by atoms with E-state index in [2.05, 4.69) is 27.4 Å². The second-order valence-corrected chi connectivity index (χ2v) is 6.66. The van der Waals surface area contributed by atoms with E-state index in [9.17, 15) is 4.39 Å². The third-order valence-electron chi connectivity index (χ3n) is 3.81. The van der Waals surface area contributed by atoms with Gasteiger partial charge in [-0.2, -0.15) is 0 Å². The van der Waals surface area contributed by atoms with E-state index in [-0.39, 0.29) is 0 Å². The minimum Gasteiger partial charge on any atom is -0.338 e. The van der Waals surface area contributed by atoms with Gasteiger partial charge in [-0.25, -0.2) is 19.3 Å². The molecule has 0 saturated heterocycles. The Labute approximate surface area is 148 Å². The van der Waals surface area contributed by atoms with Crippen LogP contribution < -0.4 is 5.32 Å². The predicted molar refractivity (Wildman–Crippen MR) is 99.0 cm³/mol. The molecule has 0 aliphatic heterocycles. The Morgan fingerprint density at radius 2 is 1.72 bits per heavy atom. The SMILES string of the molecule is FCc1ccc(Nc2ncnc3sc(Cc4ccccc4)nc23)cc1. The van der Waals surface area contributed by atoms with Crippen LogP contribution in [0.4, 0.5) is 15.9 Å². The Hall–Kier alpha value is -2.86. The first-order chi connectivity index (χ1) is 12.3. The fourth-order valence-electron chi connectivity index (χ4n) is 2.55. The number of nitrogens with zero attached hydrogens (tertiary/aromatic N) is 3. The first-order valence-corrected chi connectivity index (χ1v) is 8.70. The summed E-state index contributed by atoms with van der Waals surface area (Å²) in [4.78, 5) is 14.2. The normalized spacial score (nSPS) is 10.9. The van der Waals surface area contributed by atoms with Crippen LogP contribution in [0.2, 0.25) is 0 Å². The number of hydrogen-bond acceptors (Lipinski definition) is 5. The highest BCUT2D eigenvalue weighted by Crippen LogP contribution is 2.28. The molecule has 0 aliphatic carbocycles. The Morgan fingerprint density at radius 1 is 0.920 bits per heavy atom. The summed E-state index contributed by atoms with van der Waals surface area (Å²) in [5.41, 5.74) is 3.46. The molecule has 25 heavy (non-hydrogen) atoms. The summed E-state index contributed by atoms with van der Waals surface area (Å²) >= 11 is 1.57. The summed E-state index contributed by atoms with van der Waals surface area (Å²) in [7, 11) is 0. The second-order valence-electron chi connectivity index (χ2n) is 5.60. The number of anilines is 2. The Balaban J connectivity index is 1.62. The highest BCUT2D eigenvalue weighted by Gasteiger charge is 2.11. The van der Waals surface area contributed by atoms with Gasteiger partial charge in [-0.3, -0.25) is 0 Å². The molecular formula is C19H15FN4S. The van der Waals surface area contributed by atoms with Gasteiger partial charge in [0.25, 0.3) is 0 Å². The van der Waals surface area contributed by atoms with Gasteiger partial charge < -0.3 is 5.32 Å². The number of alkyl halides is 1. The number of nitrogens with one attached hydrogen (secondary N) is 1. The molecule has 0 atom stereocenters. The summed E-state index contributed by atoms with van der Waals surface area (Å²) in [5.74, 6) is 0.661. The average molecular weight is 350 g/mol. The predicted octanol–water partition coefficient (Wildman–Crippen LogP) is 4.89. The molecule has 2 aromatic carbocycles. The largest absolute Gasteiger partial charge is 0.338 e. The first kappa shape index (κ1) is 15.7. The lowest BCUT2D eigenvalue weighted by Gasteiger charge is -2.06. The van der Waals surface area contributed by atoms with Gasteiger partial charge in [0.2, 0.25) is 0 Å². The van der Waals surface area contributed by atoms with Gasteiger partial charge in [0, 0.05) is 12.1 Å². The standard InChI is InChI=1S/C19H15FN4S/c20-11-14-6-8-15(9-7-14)23-18-17-19(22-12-21-18)25-16(24-17)10-13-4-2-1-3-5-13/h1-9,12H,10-11H2,(H,21,22,23). The van der Waals surface area contributed by atoms with Gasteiger partial charge in [0.05, 0.1) is 5.01 Å². The molecule has 0 aliphatic rings.